The molecule has 0 atom stereocenters. The monoisotopic (exact) mass is 899 g/mol. The maximum Gasteiger partial charge on any atom is 0.0979 e. The summed E-state index contributed by atoms with van der Waals surface area (Å²) in [6, 6.07) is 40.5. The molecule has 0 saturated carbocycles. The first-order valence-electron chi connectivity index (χ1n) is 25.5. The van der Waals surface area contributed by atoms with E-state index < -0.39 is 0 Å². The Morgan fingerprint density at radius 1 is 0.221 bits per heavy atom. The second-order valence-corrected chi connectivity index (χ2v) is 21.7. The highest BCUT2D eigenvalue weighted by Gasteiger charge is 2.26. The molecular formula is C64H74N4. The third-order valence-electron chi connectivity index (χ3n) is 14.1. The molecule has 2 aliphatic carbocycles. The van der Waals surface area contributed by atoms with E-state index in [0.29, 0.717) is 0 Å². The predicted octanol–water partition coefficient (Wildman–Crippen LogP) is 17.3. The molecule has 0 unspecified atom stereocenters. The average Bonchev–Trinajstić information content (AvgIpc) is 3.29. The molecule has 0 aromatic heterocycles. The summed E-state index contributed by atoms with van der Waals surface area (Å²) in [4.78, 5) is 23.9. The zero-order valence-electron chi connectivity index (χ0n) is 43.8. The van der Waals surface area contributed by atoms with E-state index >= 15 is 0 Å². The van der Waals surface area contributed by atoms with Crippen LogP contribution in [0.25, 0.3) is 32.7 Å². The van der Waals surface area contributed by atoms with Crippen LogP contribution in [-0.4, -0.2) is 0 Å². The molecule has 0 aliphatic heterocycles. The van der Waals surface area contributed by atoms with E-state index in [2.05, 4.69) is 220 Å². The van der Waals surface area contributed by atoms with Crippen LogP contribution in [0.2, 0.25) is 0 Å². The van der Waals surface area contributed by atoms with Crippen molar-refractivity contribution in [1.29, 1.82) is 0 Å². The molecule has 0 amide bonds. The van der Waals surface area contributed by atoms with Gasteiger partial charge in [0.05, 0.1) is 44.2 Å². The Bertz CT molecular complexity index is 2810. The first kappa shape index (κ1) is 48.5. The van der Waals surface area contributed by atoms with E-state index in [0.717, 1.165) is 76.9 Å². The summed E-state index contributed by atoms with van der Waals surface area (Å²) in [5.41, 5.74) is 16.4. The van der Waals surface area contributed by atoms with Gasteiger partial charge in [0.2, 0.25) is 0 Å². The largest absolute Gasteiger partial charge is 0.245 e. The summed E-state index contributed by atoms with van der Waals surface area (Å²) in [7, 11) is 0. The quantitative estimate of drug-likeness (QED) is 0.110. The summed E-state index contributed by atoms with van der Waals surface area (Å²) in [6.45, 7) is 36.5. The van der Waals surface area contributed by atoms with Gasteiger partial charge in [-0.3, -0.25) is 0 Å². The predicted molar refractivity (Wildman–Crippen MR) is 291 cm³/mol. The zero-order chi connectivity index (χ0) is 48.9. The lowest BCUT2D eigenvalue weighted by atomic mass is 9.85. The van der Waals surface area contributed by atoms with Crippen LogP contribution in [-0.2, 0) is 0 Å². The lowest BCUT2D eigenvalue weighted by Gasteiger charge is -2.22. The normalized spacial score (nSPS) is 13.8. The molecule has 350 valence electrons. The minimum atomic E-state index is 0.271. The Morgan fingerprint density at radius 2 is 0.368 bits per heavy atom. The fourth-order valence-corrected chi connectivity index (χ4v) is 10.4. The highest BCUT2D eigenvalue weighted by Crippen LogP contribution is 2.41. The standard InChI is InChI=1S/C64H74N4/c1-35(2)43-23-17-24-44(36(3)4)57(43)65-61-51-31-21-33-53-55(51)56-52(62(61)66-58-45(37(5)6)25-18-26-46(58)38(7)8)32-22-34-54(56)64(68-60-49(41(13)14)29-20-30-50(60)42(15)16)63(53)67-59-47(39(9)10)27-19-28-48(59)40(11)12/h17-42H,1-16H3. The smallest absolute Gasteiger partial charge is 0.0979 e. The molecule has 68 heavy (non-hydrogen) atoms. The van der Waals surface area contributed by atoms with Gasteiger partial charge in [0.15, 0.2) is 0 Å². The van der Waals surface area contributed by atoms with Gasteiger partial charge in [0.25, 0.3) is 0 Å². The third-order valence-corrected chi connectivity index (χ3v) is 14.1. The van der Waals surface area contributed by atoms with Crippen molar-refractivity contribution in [2.24, 2.45) is 20.0 Å². The zero-order valence-corrected chi connectivity index (χ0v) is 43.8. The van der Waals surface area contributed by atoms with Crippen molar-refractivity contribution in [3.8, 4) is 11.1 Å². The van der Waals surface area contributed by atoms with Gasteiger partial charge in [-0.15, -0.1) is 0 Å². The Morgan fingerprint density at radius 3 is 0.515 bits per heavy atom. The van der Waals surface area contributed by atoms with Gasteiger partial charge in [-0.2, -0.15) is 0 Å². The second kappa shape index (κ2) is 19.5. The second-order valence-electron chi connectivity index (χ2n) is 21.7. The number of para-hydroxylation sites is 4. The molecule has 8 rings (SSSR count). The fraction of sp³-hybridized carbons (Fsp3) is 0.375. The summed E-state index contributed by atoms with van der Waals surface area (Å²) in [5.74, 6) is 2.17. The number of hydrogen-bond donors (Lipinski definition) is 0. The Labute approximate surface area is 406 Å². The number of benzene rings is 8. The fourth-order valence-electron chi connectivity index (χ4n) is 10.4. The van der Waals surface area contributed by atoms with E-state index in [1.807, 2.05) is 0 Å². The molecule has 2 aliphatic rings. The molecule has 6 aromatic carbocycles. The van der Waals surface area contributed by atoms with Gasteiger partial charge in [0, 0.05) is 32.7 Å². The van der Waals surface area contributed by atoms with Crippen LogP contribution in [0.3, 0.4) is 0 Å². The van der Waals surface area contributed by atoms with E-state index in [4.69, 9.17) is 20.0 Å². The minimum Gasteiger partial charge on any atom is -0.245 e. The first-order valence-corrected chi connectivity index (χ1v) is 25.5. The SMILES string of the molecule is CC(C)c1cccc(C(C)C)c1N=c1c(=Nc2c(C(C)C)cccc2C(C)C)c2cccc3c2-c2c1cccc2c(=Nc1c(C(C)C)cccc1C(C)C)c3=Nc1c(C(C)C)cccc1C(C)C. The molecule has 0 N–H and O–H groups in total. The van der Waals surface area contributed by atoms with Crippen molar-refractivity contribution in [3.05, 3.63) is 175 Å². The lowest BCUT2D eigenvalue weighted by Crippen LogP contribution is -2.34. The molecular weight excluding hydrogens is 825 g/mol. The van der Waals surface area contributed by atoms with Crippen LogP contribution in [0.1, 0.15) is 203 Å². The third kappa shape index (κ3) is 8.81. The number of nitrogens with zero attached hydrogens (tertiary/aromatic N) is 4. The average molecular weight is 899 g/mol. The number of rotatable bonds is 12. The van der Waals surface area contributed by atoms with Crippen molar-refractivity contribution in [2.75, 3.05) is 0 Å². The molecule has 0 fully saturated rings. The van der Waals surface area contributed by atoms with Gasteiger partial charge in [-0.05, 0) is 91.9 Å². The van der Waals surface area contributed by atoms with Crippen molar-refractivity contribution in [2.45, 2.75) is 158 Å². The van der Waals surface area contributed by atoms with Crippen LogP contribution in [0.5, 0.6) is 0 Å². The first-order chi connectivity index (χ1) is 32.4. The van der Waals surface area contributed by atoms with Crippen molar-refractivity contribution < 1.29 is 0 Å². The van der Waals surface area contributed by atoms with Gasteiger partial charge < -0.3 is 0 Å². The van der Waals surface area contributed by atoms with E-state index in [1.54, 1.807) is 0 Å². The minimum absolute atomic E-state index is 0.271. The molecule has 0 bridgehead atoms. The molecule has 0 saturated heterocycles. The summed E-state index contributed by atoms with van der Waals surface area (Å²) >= 11 is 0. The van der Waals surface area contributed by atoms with Gasteiger partial charge in [0.1, 0.15) is 0 Å². The summed E-state index contributed by atoms with van der Waals surface area (Å²) < 4.78 is 0. The molecule has 0 radical (unpaired) electrons. The van der Waals surface area contributed by atoms with Crippen LogP contribution >= 0.6 is 0 Å². The maximum absolute atomic E-state index is 5.97. The number of hydrogen-bond acceptors (Lipinski definition) is 4. The highest BCUT2D eigenvalue weighted by atomic mass is 14.8. The molecule has 0 heterocycles. The van der Waals surface area contributed by atoms with Crippen molar-refractivity contribution in [3.63, 3.8) is 0 Å². The molecule has 0 spiro atoms. The Hall–Kier alpha value is -6.00. The summed E-state index contributed by atoms with van der Waals surface area (Å²) in [5, 5.41) is 7.86. The van der Waals surface area contributed by atoms with Gasteiger partial charge in [-0.25, -0.2) is 20.0 Å². The highest BCUT2D eigenvalue weighted by molar-refractivity contribution is 6.11. The van der Waals surface area contributed by atoms with E-state index in [1.165, 1.54) is 44.5 Å². The van der Waals surface area contributed by atoms with Gasteiger partial charge >= 0.3 is 0 Å². The van der Waals surface area contributed by atoms with Crippen molar-refractivity contribution in [1.82, 2.24) is 0 Å². The molecule has 4 nitrogen and oxygen atoms in total. The Balaban J connectivity index is 1.75. The Kier molecular flexibility index (Phi) is 13.9. The van der Waals surface area contributed by atoms with Crippen LogP contribution in [0.4, 0.5) is 22.7 Å². The topological polar surface area (TPSA) is 49.4 Å². The van der Waals surface area contributed by atoms with Crippen LogP contribution in [0.15, 0.2) is 129 Å². The van der Waals surface area contributed by atoms with Crippen LogP contribution in [0, 0.1) is 0 Å². The molecule has 4 heteroatoms. The van der Waals surface area contributed by atoms with E-state index in [9.17, 15) is 0 Å². The molecule has 6 aromatic rings. The van der Waals surface area contributed by atoms with E-state index in [-0.39, 0.29) is 47.3 Å². The van der Waals surface area contributed by atoms with Gasteiger partial charge in [-0.1, -0.05) is 220 Å². The lowest BCUT2D eigenvalue weighted by molar-refractivity contribution is 0.830. The van der Waals surface area contributed by atoms with Crippen molar-refractivity contribution >= 4 is 44.3 Å². The maximum atomic E-state index is 5.97. The van der Waals surface area contributed by atoms with Crippen LogP contribution < -0.4 is 21.4 Å². The summed E-state index contributed by atoms with van der Waals surface area (Å²) in [6.07, 6.45) is 0.